The zero-order valence-electron chi connectivity index (χ0n) is 10.4. The fourth-order valence-corrected chi connectivity index (χ4v) is 2.45. The highest BCUT2D eigenvalue weighted by atomic mass is 16.1. The van der Waals surface area contributed by atoms with Crippen LogP contribution in [0.3, 0.4) is 0 Å². The van der Waals surface area contributed by atoms with Gasteiger partial charge in [-0.2, -0.15) is 0 Å². The van der Waals surface area contributed by atoms with Crippen molar-refractivity contribution >= 4 is 5.78 Å². The van der Waals surface area contributed by atoms with Gasteiger partial charge >= 0.3 is 0 Å². The van der Waals surface area contributed by atoms with Crippen molar-refractivity contribution in [2.75, 3.05) is 0 Å². The molecule has 3 rings (SSSR count). The number of aromatic nitrogens is 1. The van der Waals surface area contributed by atoms with Crippen LogP contribution in [0.4, 0.5) is 0 Å². The summed E-state index contributed by atoms with van der Waals surface area (Å²) >= 11 is 0. The molecule has 18 heavy (non-hydrogen) atoms. The molecule has 1 aromatic heterocycles. The number of aryl methyl sites for hydroxylation is 1. The Labute approximate surface area is 107 Å². The lowest BCUT2D eigenvalue weighted by Gasteiger charge is -2.28. The minimum atomic E-state index is 0.0873. The molecule has 2 nitrogen and oxygen atoms in total. The summed E-state index contributed by atoms with van der Waals surface area (Å²) in [6, 6.07) is 12.1. The van der Waals surface area contributed by atoms with Crippen LogP contribution in [0.1, 0.15) is 28.3 Å². The van der Waals surface area contributed by atoms with E-state index in [1.807, 2.05) is 37.4 Å². The molecule has 1 aromatic carbocycles. The fourth-order valence-electron chi connectivity index (χ4n) is 2.45. The molecule has 1 unspecified atom stereocenters. The van der Waals surface area contributed by atoms with E-state index < -0.39 is 0 Å². The van der Waals surface area contributed by atoms with E-state index in [2.05, 4.69) is 17.1 Å². The molecule has 1 aliphatic carbocycles. The Morgan fingerprint density at radius 2 is 2.11 bits per heavy atom. The standard InChI is InChI=1S/C16H15NO/c1-11-6-7-13(17-10-11)9-16(18)15-8-12-4-2-3-5-14(12)15/h2-7,10,15H,8-9H2,1H3. The van der Waals surface area contributed by atoms with Crippen molar-refractivity contribution in [3.8, 4) is 0 Å². The SMILES string of the molecule is Cc1ccc(CC(=O)C2Cc3ccccc32)nc1. The number of pyridine rings is 1. The van der Waals surface area contributed by atoms with Crippen molar-refractivity contribution in [3.05, 3.63) is 65.0 Å². The van der Waals surface area contributed by atoms with Gasteiger partial charge in [0.2, 0.25) is 0 Å². The van der Waals surface area contributed by atoms with E-state index in [0.29, 0.717) is 6.42 Å². The minimum absolute atomic E-state index is 0.0873. The van der Waals surface area contributed by atoms with Gasteiger partial charge < -0.3 is 0 Å². The molecule has 1 atom stereocenters. The van der Waals surface area contributed by atoms with E-state index in [0.717, 1.165) is 17.7 Å². The van der Waals surface area contributed by atoms with Crippen LogP contribution in [-0.2, 0) is 17.6 Å². The van der Waals surface area contributed by atoms with Crippen LogP contribution in [0.15, 0.2) is 42.6 Å². The monoisotopic (exact) mass is 237 g/mol. The van der Waals surface area contributed by atoms with E-state index in [1.165, 1.54) is 11.1 Å². The van der Waals surface area contributed by atoms with E-state index in [4.69, 9.17) is 0 Å². The molecule has 0 saturated carbocycles. The molecule has 0 radical (unpaired) electrons. The molecule has 0 bridgehead atoms. The summed E-state index contributed by atoms with van der Waals surface area (Å²) in [7, 11) is 0. The number of Topliss-reactive ketones (excluding diaryl/α,β-unsaturated/α-hetero) is 1. The summed E-state index contributed by atoms with van der Waals surface area (Å²) in [4.78, 5) is 16.5. The van der Waals surface area contributed by atoms with Gasteiger partial charge in [0.15, 0.2) is 0 Å². The van der Waals surface area contributed by atoms with Gasteiger partial charge in [0, 0.05) is 24.2 Å². The Bertz CT molecular complexity index is 586. The Balaban J connectivity index is 1.72. The third-order valence-corrected chi connectivity index (χ3v) is 3.57. The second-order valence-electron chi connectivity index (χ2n) is 4.93. The van der Waals surface area contributed by atoms with E-state index in [-0.39, 0.29) is 11.7 Å². The highest BCUT2D eigenvalue weighted by Crippen LogP contribution is 2.35. The molecule has 0 fully saturated rings. The largest absolute Gasteiger partial charge is 0.299 e. The van der Waals surface area contributed by atoms with Crippen LogP contribution in [-0.4, -0.2) is 10.8 Å². The topological polar surface area (TPSA) is 30.0 Å². The summed E-state index contributed by atoms with van der Waals surface area (Å²) in [6.45, 7) is 2.00. The van der Waals surface area contributed by atoms with Crippen LogP contribution in [0.5, 0.6) is 0 Å². The second kappa shape index (κ2) is 4.37. The quantitative estimate of drug-likeness (QED) is 0.821. The predicted octanol–water partition coefficient (Wildman–Crippen LogP) is 2.84. The van der Waals surface area contributed by atoms with Crippen molar-refractivity contribution in [3.63, 3.8) is 0 Å². The summed E-state index contributed by atoms with van der Waals surface area (Å²) < 4.78 is 0. The van der Waals surface area contributed by atoms with Gasteiger partial charge in [0.05, 0.1) is 0 Å². The Morgan fingerprint density at radius 3 is 2.83 bits per heavy atom. The van der Waals surface area contributed by atoms with Crippen LogP contribution < -0.4 is 0 Å². The van der Waals surface area contributed by atoms with E-state index in [1.54, 1.807) is 0 Å². The lowest BCUT2D eigenvalue weighted by molar-refractivity contribution is -0.120. The summed E-state index contributed by atoms with van der Waals surface area (Å²) in [6.07, 6.45) is 3.15. The van der Waals surface area contributed by atoms with Crippen molar-refractivity contribution in [2.24, 2.45) is 0 Å². The van der Waals surface area contributed by atoms with Crippen molar-refractivity contribution in [1.29, 1.82) is 0 Å². The zero-order valence-corrected chi connectivity index (χ0v) is 10.4. The number of fused-ring (bicyclic) bond motifs is 1. The van der Waals surface area contributed by atoms with Crippen molar-refractivity contribution < 1.29 is 4.79 Å². The first kappa shape index (κ1) is 11.1. The van der Waals surface area contributed by atoms with Crippen molar-refractivity contribution in [2.45, 2.75) is 25.7 Å². The van der Waals surface area contributed by atoms with E-state index in [9.17, 15) is 4.79 Å². The molecular formula is C16H15NO. The number of nitrogens with zero attached hydrogens (tertiary/aromatic N) is 1. The van der Waals surface area contributed by atoms with Gasteiger partial charge in [0.1, 0.15) is 5.78 Å². The molecule has 1 heterocycles. The lowest BCUT2D eigenvalue weighted by Crippen LogP contribution is -2.26. The van der Waals surface area contributed by atoms with Gasteiger partial charge in [0.25, 0.3) is 0 Å². The molecule has 90 valence electrons. The van der Waals surface area contributed by atoms with Gasteiger partial charge in [-0.3, -0.25) is 9.78 Å². The molecule has 2 aromatic rings. The Hall–Kier alpha value is -1.96. The smallest absolute Gasteiger partial charge is 0.146 e. The molecule has 0 amide bonds. The highest BCUT2D eigenvalue weighted by molar-refractivity contribution is 5.90. The third-order valence-electron chi connectivity index (χ3n) is 3.57. The van der Waals surface area contributed by atoms with Crippen LogP contribution >= 0.6 is 0 Å². The molecular weight excluding hydrogens is 222 g/mol. The van der Waals surface area contributed by atoms with Crippen LogP contribution in [0.25, 0.3) is 0 Å². The average molecular weight is 237 g/mol. The minimum Gasteiger partial charge on any atom is -0.299 e. The Kier molecular flexibility index (Phi) is 2.71. The number of rotatable bonds is 3. The first-order valence-corrected chi connectivity index (χ1v) is 6.26. The lowest BCUT2D eigenvalue weighted by atomic mass is 9.74. The third kappa shape index (κ3) is 1.94. The first-order chi connectivity index (χ1) is 8.74. The summed E-state index contributed by atoms with van der Waals surface area (Å²) in [5.41, 5.74) is 4.51. The van der Waals surface area contributed by atoms with Gasteiger partial charge in [-0.05, 0) is 36.1 Å². The average Bonchev–Trinajstić information content (AvgIpc) is 2.34. The maximum absolute atomic E-state index is 12.2. The van der Waals surface area contributed by atoms with Gasteiger partial charge in [-0.25, -0.2) is 0 Å². The number of ketones is 1. The molecule has 0 N–H and O–H groups in total. The predicted molar refractivity (Wildman–Crippen MR) is 70.6 cm³/mol. The van der Waals surface area contributed by atoms with E-state index >= 15 is 0 Å². The molecule has 0 spiro atoms. The highest BCUT2D eigenvalue weighted by Gasteiger charge is 2.31. The maximum atomic E-state index is 12.2. The first-order valence-electron chi connectivity index (χ1n) is 6.26. The molecule has 1 aliphatic rings. The molecule has 0 aliphatic heterocycles. The summed E-state index contributed by atoms with van der Waals surface area (Å²) in [5, 5.41) is 0. The van der Waals surface area contributed by atoms with Gasteiger partial charge in [-0.15, -0.1) is 0 Å². The Morgan fingerprint density at radius 1 is 1.28 bits per heavy atom. The maximum Gasteiger partial charge on any atom is 0.146 e. The molecule has 0 saturated heterocycles. The molecule has 2 heteroatoms. The zero-order chi connectivity index (χ0) is 12.5. The number of hydrogen-bond acceptors (Lipinski definition) is 2. The van der Waals surface area contributed by atoms with Gasteiger partial charge in [-0.1, -0.05) is 30.3 Å². The number of benzene rings is 1. The van der Waals surface area contributed by atoms with Crippen LogP contribution in [0.2, 0.25) is 0 Å². The van der Waals surface area contributed by atoms with Crippen molar-refractivity contribution in [1.82, 2.24) is 4.98 Å². The summed E-state index contributed by atoms with van der Waals surface area (Å²) in [5.74, 6) is 0.370. The number of hydrogen-bond donors (Lipinski definition) is 0. The number of carbonyl (C=O) groups excluding carboxylic acids is 1. The number of carbonyl (C=O) groups is 1. The normalized spacial score (nSPS) is 16.8. The van der Waals surface area contributed by atoms with Crippen LogP contribution in [0, 0.1) is 6.92 Å². The second-order valence-corrected chi connectivity index (χ2v) is 4.93. The fraction of sp³-hybridized carbons (Fsp3) is 0.250.